The van der Waals surface area contributed by atoms with Crippen LogP contribution in [0, 0.1) is 0 Å². The average molecular weight is 506 g/mol. The van der Waals surface area contributed by atoms with Crippen molar-refractivity contribution in [2.75, 3.05) is 39.4 Å². The van der Waals surface area contributed by atoms with Crippen LogP contribution >= 0.6 is 0 Å². The number of halogens is 1. The first kappa shape index (κ1) is 25.9. The number of rotatable bonds is 10. The summed E-state index contributed by atoms with van der Waals surface area (Å²) in [5.41, 5.74) is 1.32. The first-order valence-electron chi connectivity index (χ1n) is 11.1. The molecule has 7 heteroatoms. The Kier molecular flexibility index (Phi) is 10.2. The summed E-state index contributed by atoms with van der Waals surface area (Å²) in [5, 5.41) is 0. The molecule has 6 nitrogen and oxygen atoms in total. The zero-order valence-corrected chi connectivity index (χ0v) is 20.4. The number of nitrogens with zero attached hydrogens (tertiary/aromatic N) is 1. The summed E-state index contributed by atoms with van der Waals surface area (Å²) in [6, 6.07) is 16.8. The van der Waals surface area contributed by atoms with Crippen LogP contribution in [0.1, 0.15) is 48.7 Å². The number of carbonyl (C=O) groups is 2. The molecule has 0 N–H and O–H groups in total. The quantitative estimate of drug-likeness (QED) is 0.358. The van der Waals surface area contributed by atoms with Crippen molar-refractivity contribution in [1.29, 1.82) is 0 Å². The molecule has 1 aliphatic heterocycles. The van der Waals surface area contributed by atoms with E-state index in [0.717, 1.165) is 31.5 Å². The number of esters is 2. The second kappa shape index (κ2) is 12.6. The van der Waals surface area contributed by atoms with Crippen molar-refractivity contribution in [3.63, 3.8) is 0 Å². The highest BCUT2D eigenvalue weighted by Crippen LogP contribution is 2.29. The highest BCUT2D eigenvalue weighted by molar-refractivity contribution is 5.92. The van der Waals surface area contributed by atoms with Gasteiger partial charge in [-0.25, -0.2) is 9.59 Å². The van der Waals surface area contributed by atoms with Gasteiger partial charge in [0.1, 0.15) is 17.9 Å². The Morgan fingerprint density at radius 2 is 1.59 bits per heavy atom. The first-order valence-corrected chi connectivity index (χ1v) is 11.1. The van der Waals surface area contributed by atoms with Gasteiger partial charge in [0.05, 0.1) is 26.3 Å². The fourth-order valence-corrected chi connectivity index (χ4v) is 4.23. The Balaban J connectivity index is 0.00000363. The molecule has 0 radical (unpaired) electrons. The van der Waals surface area contributed by atoms with Crippen molar-refractivity contribution in [2.24, 2.45) is 0 Å². The van der Waals surface area contributed by atoms with Crippen molar-refractivity contribution in [2.45, 2.75) is 32.8 Å². The molecule has 174 valence electrons. The van der Waals surface area contributed by atoms with Crippen molar-refractivity contribution in [3.05, 3.63) is 65.7 Å². The Labute approximate surface area is 200 Å². The summed E-state index contributed by atoms with van der Waals surface area (Å²) in [6.45, 7) is 7.10. The molecule has 1 unspecified atom stereocenters. The molecule has 1 fully saturated rings. The topological polar surface area (TPSA) is 61.8 Å². The third-order valence-electron chi connectivity index (χ3n) is 5.67. The minimum absolute atomic E-state index is 0. The van der Waals surface area contributed by atoms with E-state index in [1.54, 1.807) is 18.2 Å². The van der Waals surface area contributed by atoms with Crippen LogP contribution in [0.3, 0.4) is 0 Å². The third kappa shape index (κ3) is 6.81. The van der Waals surface area contributed by atoms with Crippen molar-refractivity contribution < 1.29 is 45.3 Å². The highest BCUT2D eigenvalue weighted by atomic mass is 79.9. The van der Waals surface area contributed by atoms with E-state index in [4.69, 9.17) is 14.2 Å². The molecule has 3 rings (SSSR count). The van der Waals surface area contributed by atoms with Gasteiger partial charge in [0.25, 0.3) is 0 Å². The minimum Gasteiger partial charge on any atom is -1.00 e. The standard InChI is InChI=1S/C25H32NO5.BrH/c1-3-29-22-15-9-8-14-21(22)25(28)31-23(20-12-6-5-7-13-20)18-26(16-10-11-17-26)19-24(27)30-4-2;/h5-9,12-15,23H,3-4,10-11,16-19H2,1-2H3;1H/q+1;/p-1. The van der Waals surface area contributed by atoms with Gasteiger partial charge in [-0.2, -0.15) is 0 Å². The number of ether oxygens (including phenoxy) is 3. The van der Waals surface area contributed by atoms with E-state index in [1.165, 1.54) is 0 Å². The zero-order chi connectivity index (χ0) is 22.1. The maximum absolute atomic E-state index is 13.1. The maximum atomic E-state index is 13.1. The van der Waals surface area contributed by atoms with Crippen LogP contribution in [0.4, 0.5) is 0 Å². The van der Waals surface area contributed by atoms with Crippen LogP contribution < -0.4 is 21.7 Å². The predicted molar refractivity (Wildman–Crippen MR) is 118 cm³/mol. The van der Waals surface area contributed by atoms with Gasteiger partial charge in [-0.3, -0.25) is 0 Å². The third-order valence-corrected chi connectivity index (χ3v) is 5.67. The van der Waals surface area contributed by atoms with Crippen molar-refractivity contribution in [1.82, 2.24) is 0 Å². The van der Waals surface area contributed by atoms with Gasteiger partial charge in [0, 0.05) is 12.8 Å². The Morgan fingerprint density at radius 1 is 0.938 bits per heavy atom. The molecular formula is C25H32BrNO5. The number of benzene rings is 2. The largest absolute Gasteiger partial charge is 1.00 e. The molecule has 1 atom stereocenters. The molecule has 2 aromatic rings. The molecule has 0 aromatic heterocycles. The number of para-hydroxylation sites is 1. The monoisotopic (exact) mass is 505 g/mol. The summed E-state index contributed by atoms with van der Waals surface area (Å²) in [4.78, 5) is 25.4. The molecular weight excluding hydrogens is 474 g/mol. The SMILES string of the molecule is CCOC(=O)C[N+]1(CC(OC(=O)c2ccccc2OCC)c2ccccc2)CCCC1.[Br-]. The average Bonchev–Trinajstić information content (AvgIpc) is 3.22. The van der Waals surface area contributed by atoms with Crippen LogP contribution in [0.15, 0.2) is 54.6 Å². The van der Waals surface area contributed by atoms with Crippen molar-refractivity contribution >= 4 is 11.9 Å². The Hall–Kier alpha value is -2.38. The molecule has 1 heterocycles. The van der Waals surface area contributed by atoms with Gasteiger partial charge in [-0.1, -0.05) is 42.5 Å². The lowest BCUT2D eigenvalue weighted by molar-refractivity contribution is -0.913. The lowest BCUT2D eigenvalue weighted by Gasteiger charge is -2.36. The van der Waals surface area contributed by atoms with E-state index in [0.29, 0.717) is 42.1 Å². The van der Waals surface area contributed by atoms with Gasteiger partial charge in [0.15, 0.2) is 12.6 Å². The van der Waals surface area contributed by atoms with E-state index in [2.05, 4.69) is 0 Å². The normalized spacial score (nSPS) is 15.3. The second-order valence-electron chi connectivity index (χ2n) is 7.88. The fraction of sp³-hybridized carbons (Fsp3) is 0.440. The molecule has 0 aliphatic carbocycles. The lowest BCUT2D eigenvalue weighted by Crippen LogP contribution is -3.00. The zero-order valence-electron chi connectivity index (χ0n) is 18.8. The van der Waals surface area contributed by atoms with Crippen molar-refractivity contribution in [3.8, 4) is 5.75 Å². The summed E-state index contributed by atoms with van der Waals surface area (Å²) in [5.74, 6) is -0.117. The number of hydrogen-bond acceptors (Lipinski definition) is 5. The minimum atomic E-state index is -0.476. The molecule has 1 aliphatic rings. The molecule has 0 amide bonds. The maximum Gasteiger partial charge on any atom is 0.361 e. The fourth-order valence-electron chi connectivity index (χ4n) is 4.23. The van der Waals surface area contributed by atoms with Crippen LogP contribution in [0.5, 0.6) is 5.75 Å². The number of likely N-dealkylation sites (tertiary alicyclic amines) is 1. The van der Waals surface area contributed by atoms with E-state index in [-0.39, 0.29) is 23.0 Å². The van der Waals surface area contributed by atoms with E-state index < -0.39 is 12.1 Å². The number of carbonyl (C=O) groups excluding carboxylic acids is 2. The van der Waals surface area contributed by atoms with Gasteiger partial charge in [0.2, 0.25) is 0 Å². The van der Waals surface area contributed by atoms with Gasteiger partial charge < -0.3 is 35.7 Å². The molecule has 0 bridgehead atoms. The number of hydrogen-bond donors (Lipinski definition) is 0. The van der Waals surface area contributed by atoms with Crippen LogP contribution in [0.25, 0.3) is 0 Å². The van der Waals surface area contributed by atoms with E-state index >= 15 is 0 Å². The highest BCUT2D eigenvalue weighted by Gasteiger charge is 2.39. The molecule has 2 aromatic carbocycles. The van der Waals surface area contributed by atoms with E-state index in [9.17, 15) is 9.59 Å². The summed E-state index contributed by atoms with van der Waals surface area (Å²) < 4.78 is 17.5. The van der Waals surface area contributed by atoms with Gasteiger partial charge in [-0.15, -0.1) is 0 Å². The van der Waals surface area contributed by atoms with Crippen LogP contribution in [-0.2, 0) is 14.3 Å². The molecule has 32 heavy (non-hydrogen) atoms. The smallest absolute Gasteiger partial charge is 0.361 e. The van der Waals surface area contributed by atoms with E-state index in [1.807, 2.05) is 50.2 Å². The lowest BCUT2D eigenvalue weighted by atomic mass is 10.1. The Morgan fingerprint density at radius 3 is 2.25 bits per heavy atom. The first-order chi connectivity index (χ1) is 15.1. The van der Waals surface area contributed by atoms with Crippen LogP contribution in [-0.4, -0.2) is 55.8 Å². The summed E-state index contributed by atoms with van der Waals surface area (Å²) in [7, 11) is 0. The molecule has 0 spiro atoms. The number of quaternary nitrogens is 1. The van der Waals surface area contributed by atoms with Gasteiger partial charge >= 0.3 is 11.9 Å². The van der Waals surface area contributed by atoms with Crippen LogP contribution in [0.2, 0.25) is 0 Å². The summed E-state index contributed by atoms with van der Waals surface area (Å²) in [6.07, 6.45) is 1.61. The second-order valence-corrected chi connectivity index (χ2v) is 7.88. The molecule has 0 saturated carbocycles. The van der Waals surface area contributed by atoms with Gasteiger partial charge in [-0.05, 0) is 31.5 Å². The summed E-state index contributed by atoms with van der Waals surface area (Å²) >= 11 is 0. The molecule has 1 saturated heterocycles. The predicted octanol–water partition coefficient (Wildman–Crippen LogP) is 1.16. The Bertz CT molecular complexity index is 868.